The van der Waals surface area contributed by atoms with E-state index in [2.05, 4.69) is 15.0 Å². The molecule has 4 aromatic rings. The van der Waals surface area contributed by atoms with E-state index in [4.69, 9.17) is 0 Å². The number of benzene rings is 3. The minimum absolute atomic E-state index is 0.0300. The lowest BCUT2D eigenvalue weighted by molar-refractivity contribution is -0.141. The Bertz CT molecular complexity index is 1580. The van der Waals surface area contributed by atoms with Crippen LogP contribution >= 0.6 is 0 Å². The predicted octanol–water partition coefficient (Wildman–Crippen LogP) is 4.54. The molecule has 2 amide bonds. The van der Waals surface area contributed by atoms with Crippen LogP contribution in [0.3, 0.4) is 0 Å². The minimum Gasteiger partial charge on any atom is -0.350 e. The van der Waals surface area contributed by atoms with E-state index in [0.717, 1.165) is 29.5 Å². The van der Waals surface area contributed by atoms with Crippen molar-refractivity contribution in [2.75, 3.05) is 0 Å². The maximum absolute atomic E-state index is 13.9. The Morgan fingerprint density at radius 1 is 0.810 bits per heavy atom. The molecule has 1 heterocycles. The van der Waals surface area contributed by atoms with Crippen molar-refractivity contribution in [1.29, 1.82) is 0 Å². The molecule has 0 radical (unpaired) electrons. The SMILES string of the molecule is O=C(NCc1ccncc1)[C@H](c1ccccc1)N(Cc1ccccc1)C(=O)CCc1ccc(S(=O)(=O)NC2CC2)cc1. The number of hydrogen-bond donors (Lipinski definition) is 2. The maximum Gasteiger partial charge on any atom is 0.247 e. The lowest BCUT2D eigenvalue weighted by atomic mass is 10.0. The third-order valence-corrected chi connectivity index (χ3v) is 8.70. The van der Waals surface area contributed by atoms with Crippen LogP contribution in [-0.4, -0.2) is 36.2 Å². The van der Waals surface area contributed by atoms with Crippen LogP contribution in [0.1, 0.15) is 47.6 Å². The van der Waals surface area contributed by atoms with Crippen LogP contribution in [0.2, 0.25) is 0 Å². The van der Waals surface area contributed by atoms with Crippen molar-refractivity contribution in [3.05, 3.63) is 132 Å². The van der Waals surface area contributed by atoms with Gasteiger partial charge in [0.2, 0.25) is 21.8 Å². The van der Waals surface area contributed by atoms with Crippen LogP contribution in [0.5, 0.6) is 0 Å². The van der Waals surface area contributed by atoms with Crippen LogP contribution in [0, 0.1) is 0 Å². The Morgan fingerprint density at radius 2 is 1.45 bits per heavy atom. The smallest absolute Gasteiger partial charge is 0.247 e. The molecule has 0 bridgehead atoms. The average Bonchev–Trinajstić information content (AvgIpc) is 3.83. The molecule has 9 heteroatoms. The van der Waals surface area contributed by atoms with Gasteiger partial charge in [-0.2, -0.15) is 0 Å². The van der Waals surface area contributed by atoms with E-state index in [-0.39, 0.29) is 35.7 Å². The summed E-state index contributed by atoms with van der Waals surface area (Å²) in [5.74, 6) is -0.459. The van der Waals surface area contributed by atoms with Gasteiger partial charge in [-0.15, -0.1) is 0 Å². The lowest BCUT2D eigenvalue weighted by Gasteiger charge is -2.32. The van der Waals surface area contributed by atoms with Gasteiger partial charge in [-0.05, 0) is 65.8 Å². The highest BCUT2D eigenvalue weighted by atomic mass is 32.2. The zero-order valence-electron chi connectivity index (χ0n) is 23.2. The van der Waals surface area contributed by atoms with Gasteiger partial charge in [-0.3, -0.25) is 14.6 Å². The molecule has 1 saturated carbocycles. The zero-order chi connectivity index (χ0) is 29.4. The Labute approximate surface area is 246 Å². The minimum atomic E-state index is -3.54. The molecule has 1 fully saturated rings. The number of carbonyl (C=O) groups is 2. The van der Waals surface area contributed by atoms with E-state index in [1.54, 1.807) is 41.6 Å². The predicted molar refractivity (Wildman–Crippen MR) is 160 cm³/mol. The first-order valence-electron chi connectivity index (χ1n) is 14.1. The Balaban J connectivity index is 1.35. The molecule has 2 N–H and O–H groups in total. The summed E-state index contributed by atoms with van der Waals surface area (Å²) in [6, 6.07) is 28.4. The fourth-order valence-corrected chi connectivity index (χ4v) is 6.02. The normalized spacial score (nSPS) is 13.7. The molecule has 5 rings (SSSR count). The quantitative estimate of drug-likeness (QED) is 0.241. The third-order valence-electron chi connectivity index (χ3n) is 7.17. The molecule has 0 spiro atoms. The second-order valence-electron chi connectivity index (χ2n) is 10.4. The highest BCUT2D eigenvalue weighted by molar-refractivity contribution is 7.89. The van der Waals surface area contributed by atoms with Crippen molar-refractivity contribution in [3.8, 4) is 0 Å². The van der Waals surface area contributed by atoms with Gasteiger partial charge in [-0.25, -0.2) is 13.1 Å². The largest absolute Gasteiger partial charge is 0.350 e. The van der Waals surface area contributed by atoms with Gasteiger partial charge in [-0.1, -0.05) is 72.8 Å². The van der Waals surface area contributed by atoms with E-state index in [0.29, 0.717) is 18.5 Å². The fourth-order valence-electron chi connectivity index (χ4n) is 4.72. The van der Waals surface area contributed by atoms with Gasteiger partial charge in [0.05, 0.1) is 4.90 Å². The number of nitrogens with one attached hydrogen (secondary N) is 2. The van der Waals surface area contributed by atoms with Crippen molar-refractivity contribution < 1.29 is 18.0 Å². The van der Waals surface area contributed by atoms with Gasteiger partial charge in [0, 0.05) is 37.9 Å². The molecule has 8 nitrogen and oxygen atoms in total. The number of aromatic nitrogens is 1. The van der Waals surface area contributed by atoms with Crippen molar-refractivity contribution in [3.63, 3.8) is 0 Å². The number of carbonyl (C=O) groups excluding carboxylic acids is 2. The van der Waals surface area contributed by atoms with Crippen LogP contribution in [-0.2, 0) is 39.1 Å². The number of nitrogens with zero attached hydrogens (tertiary/aromatic N) is 2. The second kappa shape index (κ2) is 13.5. The van der Waals surface area contributed by atoms with Crippen molar-refractivity contribution in [2.24, 2.45) is 0 Å². The van der Waals surface area contributed by atoms with Crippen LogP contribution in [0.25, 0.3) is 0 Å². The number of sulfonamides is 1. The second-order valence-corrected chi connectivity index (χ2v) is 12.1. The maximum atomic E-state index is 13.9. The van der Waals surface area contributed by atoms with Crippen molar-refractivity contribution in [1.82, 2.24) is 19.9 Å². The summed E-state index contributed by atoms with van der Waals surface area (Å²) in [4.78, 5) is 33.5. The monoisotopic (exact) mass is 582 g/mol. The van der Waals surface area contributed by atoms with E-state index < -0.39 is 16.1 Å². The number of hydrogen-bond acceptors (Lipinski definition) is 5. The summed E-state index contributed by atoms with van der Waals surface area (Å²) in [6.07, 6.45) is 5.64. The lowest BCUT2D eigenvalue weighted by Crippen LogP contribution is -2.43. The van der Waals surface area contributed by atoms with Crippen molar-refractivity contribution in [2.45, 2.75) is 55.8 Å². The van der Waals surface area contributed by atoms with E-state index >= 15 is 0 Å². The van der Waals surface area contributed by atoms with Gasteiger partial charge in [0.25, 0.3) is 0 Å². The molecule has 1 atom stereocenters. The Morgan fingerprint density at radius 3 is 2.10 bits per heavy atom. The molecule has 3 aromatic carbocycles. The zero-order valence-corrected chi connectivity index (χ0v) is 24.0. The van der Waals surface area contributed by atoms with Gasteiger partial charge < -0.3 is 10.2 Å². The van der Waals surface area contributed by atoms with Gasteiger partial charge in [0.15, 0.2) is 0 Å². The van der Waals surface area contributed by atoms with Crippen LogP contribution < -0.4 is 10.0 Å². The summed E-state index contributed by atoms with van der Waals surface area (Å²) in [5, 5.41) is 3.01. The molecule has 0 saturated heterocycles. The summed E-state index contributed by atoms with van der Waals surface area (Å²) in [6.45, 7) is 0.564. The summed E-state index contributed by atoms with van der Waals surface area (Å²) < 4.78 is 27.7. The molecular weight excluding hydrogens is 548 g/mol. The molecular formula is C33H34N4O4S. The fraction of sp³-hybridized carbons (Fsp3) is 0.242. The molecule has 0 unspecified atom stereocenters. The first-order valence-corrected chi connectivity index (χ1v) is 15.5. The Kier molecular flexibility index (Phi) is 9.41. The number of aryl methyl sites for hydroxylation is 1. The molecule has 1 aliphatic rings. The number of rotatable bonds is 13. The first kappa shape index (κ1) is 29.2. The third kappa shape index (κ3) is 7.90. The van der Waals surface area contributed by atoms with Crippen molar-refractivity contribution >= 4 is 21.8 Å². The molecule has 216 valence electrons. The highest BCUT2D eigenvalue weighted by Crippen LogP contribution is 2.26. The highest BCUT2D eigenvalue weighted by Gasteiger charge is 2.31. The van der Waals surface area contributed by atoms with E-state index in [9.17, 15) is 18.0 Å². The van der Waals surface area contributed by atoms with Crippen LogP contribution in [0.15, 0.2) is 114 Å². The molecule has 0 aliphatic heterocycles. The standard InChI is InChI=1S/C33H34N4O4S/c38-31(18-13-25-11-16-30(17-12-25)42(40,41)36-29-14-15-29)37(24-27-7-3-1-4-8-27)32(28-9-5-2-6-10-28)33(39)35-23-26-19-21-34-22-20-26/h1-12,16-17,19-22,29,32,36H,13-15,18,23-24H2,(H,35,39)/t32-/m0/s1. The number of pyridine rings is 1. The van der Waals surface area contributed by atoms with E-state index in [1.807, 2.05) is 72.8 Å². The summed E-state index contributed by atoms with van der Waals surface area (Å²) in [5.41, 5.74) is 3.37. The average molecular weight is 583 g/mol. The van der Waals surface area contributed by atoms with E-state index in [1.165, 1.54) is 0 Å². The molecule has 42 heavy (non-hydrogen) atoms. The summed E-state index contributed by atoms with van der Waals surface area (Å²) >= 11 is 0. The van der Waals surface area contributed by atoms with Gasteiger partial charge in [0.1, 0.15) is 6.04 Å². The summed E-state index contributed by atoms with van der Waals surface area (Å²) in [7, 11) is -3.54. The molecule has 1 aliphatic carbocycles. The van der Waals surface area contributed by atoms with Gasteiger partial charge >= 0.3 is 0 Å². The van der Waals surface area contributed by atoms with Crippen LogP contribution in [0.4, 0.5) is 0 Å². The number of amides is 2. The first-order chi connectivity index (χ1) is 20.4. The molecule has 1 aromatic heterocycles. The topological polar surface area (TPSA) is 108 Å². The Hall–Kier alpha value is -4.34.